The Morgan fingerprint density at radius 3 is 2.39 bits per heavy atom. The van der Waals surface area contributed by atoms with Crippen LogP contribution in [0.5, 0.6) is 0 Å². The predicted molar refractivity (Wildman–Crippen MR) is 149 cm³/mol. The molecule has 5 aromatic carbocycles. The molecule has 3 nitrogen and oxygen atoms in total. The summed E-state index contributed by atoms with van der Waals surface area (Å²) in [5.74, 6) is 0. The second kappa shape index (κ2) is 7.30. The van der Waals surface area contributed by atoms with Crippen LogP contribution >= 0.6 is 0 Å². The Hall–Kier alpha value is -4.89. The minimum Gasteiger partial charge on any atom is -0.455 e. The van der Waals surface area contributed by atoms with E-state index < -0.39 is 0 Å². The van der Waals surface area contributed by atoms with Gasteiger partial charge >= 0.3 is 0 Å². The van der Waals surface area contributed by atoms with E-state index in [4.69, 9.17) is 4.42 Å². The minimum absolute atomic E-state index is 0.913. The maximum atomic E-state index is 6.53. The summed E-state index contributed by atoms with van der Waals surface area (Å²) >= 11 is 0. The molecule has 0 saturated heterocycles. The number of benzene rings is 5. The number of aromatic nitrogens is 2. The number of hydrogen-bond donors (Lipinski definition) is 0. The van der Waals surface area contributed by atoms with Crippen LogP contribution < -0.4 is 0 Å². The number of pyridine rings is 1. The number of para-hydroxylation sites is 2. The second-order valence-electron chi connectivity index (χ2n) is 9.28. The summed E-state index contributed by atoms with van der Waals surface area (Å²) in [6, 6.07) is 36.4. The van der Waals surface area contributed by atoms with Gasteiger partial charge in [-0.25, -0.2) is 0 Å². The normalized spacial score (nSPS) is 11.9. The molecule has 3 heteroatoms. The van der Waals surface area contributed by atoms with Gasteiger partial charge in [0, 0.05) is 51.4 Å². The summed E-state index contributed by atoms with van der Waals surface area (Å²) in [6.45, 7) is 0. The molecule has 36 heavy (non-hydrogen) atoms. The minimum atomic E-state index is 0.913. The first kappa shape index (κ1) is 19.4. The lowest BCUT2D eigenvalue weighted by Gasteiger charge is -2.13. The number of furan rings is 1. The van der Waals surface area contributed by atoms with Crippen molar-refractivity contribution in [2.45, 2.75) is 0 Å². The van der Waals surface area contributed by atoms with E-state index in [1.54, 1.807) is 0 Å². The van der Waals surface area contributed by atoms with E-state index in [-0.39, 0.29) is 0 Å². The van der Waals surface area contributed by atoms with Gasteiger partial charge in [-0.3, -0.25) is 4.98 Å². The van der Waals surface area contributed by atoms with Gasteiger partial charge in [0.15, 0.2) is 0 Å². The molecule has 0 atom stereocenters. The monoisotopic (exact) mass is 460 g/mol. The number of rotatable bonds is 2. The van der Waals surface area contributed by atoms with E-state index in [0.29, 0.717) is 0 Å². The number of fused-ring (bicyclic) bond motifs is 8. The molecule has 0 N–H and O–H groups in total. The van der Waals surface area contributed by atoms with Crippen molar-refractivity contribution in [3.8, 4) is 16.8 Å². The van der Waals surface area contributed by atoms with E-state index in [1.165, 1.54) is 27.1 Å². The highest BCUT2D eigenvalue weighted by Crippen LogP contribution is 2.42. The number of hydrogen-bond acceptors (Lipinski definition) is 2. The maximum Gasteiger partial charge on any atom is 0.143 e. The van der Waals surface area contributed by atoms with Gasteiger partial charge in [-0.1, -0.05) is 48.5 Å². The zero-order valence-electron chi connectivity index (χ0n) is 19.3. The molecule has 0 saturated carbocycles. The van der Waals surface area contributed by atoms with Crippen molar-refractivity contribution < 1.29 is 4.42 Å². The fraction of sp³-hybridized carbons (Fsp3) is 0. The van der Waals surface area contributed by atoms with Gasteiger partial charge in [-0.15, -0.1) is 0 Å². The van der Waals surface area contributed by atoms with E-state index in [2.05, 4.69) is 101 Å². The van der Waals surface area contributed by atoms with E-state index >= 15 is 0 Å². The van der Waals surface area contributed by atoms with Crippen LogP contribution in [0.3, 0.4) is 0 Å². The Morgan fingerprint density at radius 1 is 0.639 bits per heavy atom. The van der Waals surface area contributed by atoms with Crippen molar-refractivity contribution in [1.82, 2.24) is 9.55 Å². The topological polar surface area (TPSA) is 31.0 Å². The molecule has 0 aliphatic carbocycles. The Morgan fingerprint density at radius 2 is 1.50 bits per heavy atom. The first-order valence-corrected chi connectivity index (χ1v) is 12.1. The van der Waals surface area contributed by atoms with Crippen LogP contribution in [0, 0.1) is 0 Å². The van der Waals surface area contributed by atoms with Gasteiger partial charge in [0.25, 0.3) is 0 Å². The molecule has 0 amide bonds. The van der Waals surface area contributed by atoms with Crippen LogP contribution in [0.25, 0.3) is 71.2 Å². The molecule has 0 fully saturated rings. The van der Waals surface area contributed by atoms with Crippen molar-refractivity contribution in [1.29, 1.82) is 0 Å². The maximum absolute atomic E-state index is 6.53. The van der Waals surface area contributed by atoms with E-state index in [1.807, 2.05) is 30.6 Å². The lowest BCUT2D eigenvalue weighted by atomic mass is 9.92. The average molecular weight is 461 g/mol. The van der Waals surface area contributed by atoms with Gasteiger partial charge in [-0.2, -0.15) is 0 Å². The third-order valence-corrected chi connectivity index (χ3v) is 7.27. The molecule has 168 valence electrons. The third-order valence-electron chi connectivity index (χ3n) is 7.27. The smallest absolute Gasteiger partial charge is 0.143 e. The van der Waals surface area contributed by atoms with Crippen molar-refractivity contribution in [2.75, 3.05) is 0 Å². The summed E-state index contributed by atoms with van der Waals surface area (Å²) in [6.07, 6.45) is 5.91. The second-order valence-corrected chi connectivity index (χ2v) is 9.28. The lowest BCUT2D eigenvalue weighted by Crippen LogP contribution is -1.91. The fourth-order valence-corrected chi connectivity index (χ4v) is 5.62. The summed E-state index contributed by atoms with van der Waals surface area (Å²) in [5.41, 5.74) is 6.44. The highest BCUT2D eigenvalue weighted by molar-refractivity contribution is 6.27. The molecule has 0 bridgehead atoms. The van der Waals surface area contributed by atoms with Crippen molar-refractivity contribution in [3.05, 3.63) is 122 Å². The Balaban J connectivity index is 1.56. The fourth-order valence-electron chi connectivity index (χ4n) is 5.62. The summed E-state index contributed by atoms with van der Waals surface area (Å²) < 4.78 is 8.78. The molecule has 0 aliphatic heterocycles. The zero-order chi connectivity index (χ0) is 23.6. The predicted octanol–water partition coefficient (Wildman–Crippen LogP) is 8.90. The highest BCUT2D eigenvalue weighted by Gasteiger charge is 2.17. The standard InChI is InChI=1S/C33H20N2O/c1-2-8-24(9-3-1)35-16-14-21-17-29-23(19-30(21)35)18-28(22-7-6-15-34-20-22)26-12-13-27-25-10-4-5-11-31(25)36-33(27)32(26)29/h1-20H. The van der Waals surface area contributed by atoms with Gasteiger partial charge in [-0.05, 0) is 76.3 Å². The Labute approximate surface area is 206 Å². The van der Waals surface area contributed by atoms with E-state index in [9.17, 15) is 0 Å². The highest BCUT2D eigenvalue weighted by atomic mass is 16.3. The number of nitrogens with zero attached hydrogens (tertiary/aromatic N) is 2. The van der Waals surface area contributed by atoms with Crippen molar-refractivity contribution in [3.63, 3.8) is 0 Å². The molecular weight excluding hydrogens is 440 g/mol. The molecule has 0 unspecified atom stereocenters. The molecular formula is C33H20N2O. The van der Waals surface area contributed by atoms with Crippen LogP contribution in [0.2, 0.25) is 0 Å². The van der Waals surface area contributed by atoms with E-state index in [0.717, 1.165) is 44.1 Å². The van der Waals surface area contributed by atoms with Gasteiger partial charge in [0.1, 0.15) is 11.2 Å². The molecule has 8 aromatic rings. The van der Waals surface area contributed by atoms with Gasteiger partial charge < -0.3 is 8.98 Å². The molecule has 3 aromatic heterocycles. The van der Waals surface area contributed by atoms with Crippen LogP contribution in [0.4, 0.5) is 0 Å². The average Bonchev–Trinajstić information content (AvgIpc) is 3.53. The third kappa shape index (κ3) is 2.71. The summed E-state index contributed by atoms with van der Waals surface area (Å²) in [5, 5.41) is 8.18. The van der Waals surface area contributed by atoms with Gasteiger partial charge in [0.2, 0.25) is 0 Å². The Bertz CT molecular complexity index is 2080. The van der Waals surface area contributed by atoms with Crippen molar-refractivity contribution in [2.24, 2.45) is 0 Å². The van der Waals surface area contributed by atoms with Gasteiger partial charge in [0.05, 0.1) is 5.52 Å². The zero-order valence-corrected chi connectivity index (χ0v) is 19.3. The first-order valence-electron chi connectivity index (χ1n) is 12.1. The molecule has 0 radical (unpaired) electrons. The Kier molecular flexibility index (Phi) is 3.94. The van der Waals surface area contributed by atoms with Crippen molar-refractivity contribution >= 4 is 54.4 Å². The molecule has 3 heterocycles. The molecule has 0 spiro atoms. The van der Waals surface area contributed by atoms with Crippen LogP contribution in [-0.4, -0.2) is 9.55 Å². The lowest BCUT2D eigenvalue weighted by molar-refractivity contribution is 0.673. The van der Waals surface area contributed by atoms with Crippen LogP contribution in [0.15, 0.2) is 126 Å². The molecule has 8 rings (SSSR count). The summed E-state index contributed by atoms with van der Waals surface area (Å²) in [7, 11) is 0. The summed E-state index contributed by atoms with van der Waals surface area (Å²) in [4.78, 5) is 4.41. The SMILES string of the molecule is c1ccc(-n2ccc3cc4c(cc(-c5cccnc5)c5ccc6c7ccccc7oc6c54)cc32)cc1. The van der Waals surface area contributed by atoms with Crippen LogP contribution in [0.1, 0.15) is 0 Å². The first-order chi connectivity index (χ1) is 17.8. The quantitative estimate of drug-likeness (QED) is 0.241. The largest absolute Gasteiger partial charge is 0.455 e. The van der Waals surface area contributed by atoms with Crippen LogP contribution in [-0.2, 0) is 0 Å². The molecule has 0 aliphatic rings.